The molecule has 162 valence electrons. The molecule has 1 aliphatic carbocycles. The van der Waals surface area contributed by atoms with Crippen LogP contribution >= 0.6 is 0 Å². The second-order valence-electron chi connectivity index (χ2n) is 7.26. The highest BCUT2D eigenvalue weighted by Gasteiger charge is 2.20. The van der Waals surface area contributed by atoms with E-state index in [9.17, 15) is 19.7 Å². The van der Waals surface area contributed by atoms with E-state index >= 15 is 0 Å². The summed E-state index contributed by atoms with van der Waals surface area (Å²) >= 11 is 0. The van der Waals surface area contributed by atoms with Gasteiger partial charge in [-0.2, -0.15) is 0 Å². The Balaban J connectivity index is 1.22. The average Bonchev–Trinajstić information content (AvgIpc) is 3.17. The molecule has 0 saturated carbocycles. The number of nitrogens with one attached hydrogen (secondary N) is 1. The quantitative estimate of drug-likeness (QED) is 0.201. The van der Waals surface area contributed by atoms with Crippen LogP contribution in [0.15, 0.2) is 66.7 Å². The molecule has 1 aliphatic rings. The van der Waals surface area contributed by atoms with Crippen molar-refractivity contribution < 1.29 is 24.0 Å². The molecule has 0 radical (unpaired) electrons. The first kappa shape index (κ1) is 21.0. The van der Waals surface area contributed by atoms with Gasteiger partial charge in [-0.05, 0) is 46.4 Å². The van der Waals surface area contributed by atoms with E-state index in [2.05, 4.69) is 23.5 Å². The number of alkyl carbamates (subject to hydrolysis) is 1. The molecule has 0 aromatic heterocycles. The summed E-state index contributed by atoms with van der Waals surface area (Å²) < 4.78 is 10.4. The summed E-state index contributed by atoms with van der Waals surface area (Å²) in [5.41, 5.74) is 5.64. The minimum Gasteiger partial charge on any atom is -0.445 e. The van der Waals surface area contributed by atoms with Crippen LogP contribution in [0.25, 0.3) is 11.1 Å². The fraction of sp³-hybridized carbons (Fsp3) is 0.167. The predicted molar refractivity (Wildman–Crippen MR) is 116 cm³/mol. The van der Waals surface area contributed by atoms with Gasteiger partial charge in [0.1, 0.15) is 12.4 Å². The Hall–Kier alpha value is -4.20. The SMILES string of the molecule is O=C(CCNC(=O)OCc1cccc2c1Cc1ccccc1-2)Oc1ccc([N+](=O)[O-])cc1. The number of benzene rings is 3. The normalized spacial score (nSPS) is 11.2. The van der Waals surface area contributed by atoms with Gasteiger partial charge in [0, 0.05) is 18.7 Å². The monoisotopic (exact) mass is 432 g/mol. The van der Waals surface area contributed by atoms with Gasteiger partial charge in [-0.3, -0.25) is 14.9 Å². The Bertz CT molecular complexity index is 1170. The topological polar surface area (TPSA) is 108 Å². The molecular weight excluding hydrogens is 412 g/mol. The molecule has 0 saturated heterocycles. The van der Waals surface area contributed by atoms with Gasteiger partial charge in [-0.15, -0.1) is 0 Å². The fourth-order valence-corrected chi connectivity index (χ4v) is 3.64. The molecule has 0 atom stereocenters. The molecule has 0 bridgehead atoms. The van der Waals surface area contributed by atoms with E-state index < -0.39 is 17.0 Å². The Morgan fingerprint density at radius 3 is 2.50 bits per heavy atom. The summed E-state index contributed by atoms with van der Waals surface area (Å²) in [6.45, 7) is 0.180. The third-order valence-electron chi connectivity index (χ3n) is 5.18. The first-order chi connectivity index (χ1) is 15.5. The smallest absolute Gasteiger partial charge is 0.407 e. The number of hydrogen-bond donors (Lipinski definition) is 1. The van der Waals surface area contributed by atoms with Crippen molar-refractivity contribution in [2.45, 2.75) is 19.4 Å². The second kappa shape index (κ2) is 9.30. The number of non-ortho nitro benzene ring substituents is 1. The molecule has 0 spiro atoms. The second-order valence-corrected chi connectivity index (χ2v) is 7.26. The van der Waals surface area contributed by atoms with Crippen LogP contribution in [-0.2, 0) is 22.6 Å². The molecule has 32 heavy (non-hydrogen) atoms. The lowest BCUT2D eigenvalue weighted by Crippen LogP contribution is -2.27. The van der Waals surface area contributed by atoms with Gasteiger partial charge in [0.25, 0.3) is 5.69 Å². The van der Waals surface area contributed by atoms with Crippen LogP contribution in [0.1, 0.15) is 23.1 Å². The number of carbonyl (C=O) groups is 2. The van der Waals surface area contributed by atoms with Gasteiger partial charge in [-0.25, -0.2) is 4.79 Å². The Kier molecular flexibility index (Phi) is 6.12. The number of nitrogens with zero attached hydrogens (tertiary/aromatic N) is 1. The van der Waals surface area contributed by atoms with Crippen molar-refractivity contribution in [3.05, 3.63) is 93.5 Å². The maximum Gasteiger partial charge on any atom is 0.407 e. The minimum absolute atomic E-state index is 0.0446. The molecule has 0 aliphatic heterocycles. The predicted octanol–water partition coefficient (Wildman–Crippen LogP) is 4.39. The first-order valence-electron chi connectivity index (χ1n) is 10.1. The largest absolute Gasteiger partial charge is 0.445 e. The number of nitro groups is 1. The zero-order valence-electron chi connectivity index (χ0n) is 17.1. The summed E-state index contributed by atoms with van der Waals surface area (Å²) in [5.74, 6) is -0.375. The maximum atomic E-state index is 12.0. The maximum absolute atomic E-state index is 12.0. The molecule has 8 heteroatoms. The van der Waals surface area contributed by atoms with Crippen molar-refractivity contribution in [2.24, 2.45) is 0 Å². The molecule has 1 N–H and O–H groups in total. The van der Waals surface area contributed by atoms with E-state index in [1.165, 1.54) is 35.4 Å². The average molecular weight is 432 g/mol. The van der Waals surface area contributed by atoms with Crippen molar-refractivity contribution in [1.29, 1.82) is 0 Å². The summed E-state index contributed by atoms with van der Waals surface area (Å²) in [6.07, 6.45) is 0.116. The van der Waals surface area contributed by atoms with Crippen LogP contribution in [0.3, 0.4) is 0 Å². The number of hydrogen-bond acceptors (Lipinski definition) is 6. The Morgan fingerprint density at radius 1 is 0.969 bits per heavy atom. The number of nitro benzene ring substituents is 1. The molecule has 3 aromatic carbocycles. The van der Waals surface area contributed by atoms with E-state index in [4.69, 9.17) is 9.47 Å². The van der Waals surface area contributed by atoms with Gasteiger partial charge < -0.3 is 14.8 Å². The highest BCUT2D eigenvalue weighted by Crippen LogP contribution is 2.38. The van der Waals surface area contributed by atoms with Crippen LogP contribution in [0.5, 0.6) is 5.75 Å². The zero-order chi connectivity index (χ0) is 22.5. The van der Waals surface area contributed by atoms with Crippen LogP contribution in [0.4, 0.5) is 10.5 Å². The number of amides is 1. The van der Waals surface area contributed by atoms with Crippen molar-refractivity contribution in [2.75, 3.05) is 6.54 Å². The molecular formula is C24H20N2O6. The van der Waals surface area contributed by atoms with Crippen molar-refractivity contribution in [3.63, 3.8) is 0 Å². The summed E-state index contributed by atoms with van der Waals surface area (Å²) in [7, 11) is 0. The lowest BCUT2D eigenvalue weighted by Gasteiger charge is -2.10. The lowest BCUT2D eigenvalue weighted by molar-refractivity contribution is -0.384. The van der Waals surface area contributed by atoms with Crippen LogP contribution in [0, 0.1) is 10.1 Å². The van der Waals surface area contributed by atoms with Gasteiger partial charge in [0.05, 0.1) is 11.3 Å². The molecule has 1 amide bonds. The van der Waals surface area contributed by atoms with Gasteiger partial charge in [0.15, 0.2) is 0 Å². The zero-order valence-corrected chi connectivity index (χ0v) is 17.1. The standard InChI is InChI=1S/C24H20N2O6/c27-23(32-19-10-8-18(9-11-19)26(29)30)12-13-25-24(28)31-15-17-5-3-7-21-20-6-2-1-4-16(20)14-22(17)21/h1-11H,12-15H2,(H,25,28). The third kappa shape index (κ3) is 4.75. The van der Waals surface area contributed by atoms with E-state index in [1.54, 1.807) is 0 Å². The lowest BCUT2D eigenvalue weighted by atomic mass is 10.0. The summed E-state index contributed by atoms with van der Waals surface area (Å²) in [6, 6.07) is 19.4. The number of rotatable bonds is 7. The van der Waals surface area contributed by atoms with Crippen LogP contribution < -0.4 is 10.1 Å². The molecule has 3 aromatic rings. The number of carbonyl (C=O) groups excluding carboxylic acids is 2. The van der Waals surface area contributed by atoms with Crippen LogP contribution in [-0.4, -0.2) is 23.5 Å². The Morgan fingerprint density at radius 2 is 1.72 bits per heavy atom. The number of ether oxygens (including phenoxy) is 2. The number of esters is 1. The van der Waals surface area contributed by atoms with Crippen LogP contribution in [0.2, 0.25) is 0 Å². The van der Waals surface area contributed by atoms with E-state index in [1.807, 2.05) is 24.3 Å². The molecule has 0 unspecified atom stereocenters. The number of fused-ring (bicyclic) bond motifs is 3. The van der Waals surface area contributed by atoms with E-state index in [-0.39, 0.29) is 31.0 Å². The third-order valence-corrected chi connectivity index (χ3v) is 5.18. The fourth-order valence-electron chi connectivity index (χ4n) is 3.64. The summed E-state index contributed by atoms with van der Waals surface area (Å²) in [4.78, 5) is 34.0. The molecule has 0 fully saturated rings. The van der Waals surface area contributed by atoms with E-state index in [0.29, 0.717) is 0 Å². The van der Waals surface area contributed by atoms with Crippen molar-refractivity contribution in [1.82, 2.24) is 5.32 Å². The van der Waals surface area contributed by atoms with Crippen molar-refractivity contribution in [3.8, 4) is 16.9 Å². The molecule has 0 heterocycles. The Labute approximate surface area is 183 Å². The molecule has 8 nitrogen and oxygen atoms in total. The first-order valence-corrected chi connectivity index (χ1v) is 10.1. The highest BCUT2D eigenvalue weighted by molar-refractivity contribution is 5.78. The summed E-state index contributed by atoms with van der Waals surface area (Å²) in [5, 5.41) is 13.2. The van der Waals surface area contributed by atoms with E-state index in [0.717, 1.165) is 23.1 Å². The van der Waals surface area contributed by atoms with Crippen molar-refractivity contribution >= 4 is 17.7 Å². The highest BCUT2D eigenvalue weighted by atomic mass is 16.6. The molecule has 4 rings (SSSR count). The van der Waals surface area contributed by atoms with Gasteiger partial charge in [0.2, 0.25) is 0 Å². The van der Waals surface area contributed by atoms with Gasteiger partial charge in [-0.1, -0.05) is 42.5 Å². The minimum atomic E-state index is -0.624. The van der Waals surface area contributed by atoms with Gasteiger partial charge >= 0.3 is 12.1 Å².